The van der Waals surface area contributed by atoms with E-state index >= 15 is 0 Å². The molecule has 34 heavy (non-hydrogen) atoms. The Balaban J connectivity index is 1.29. The molecular formula is C24H20N6O4. The summed E-state index contributed by atoms with van der Waals surface area (Å²) >= 11 is 0. The molecule has 10 nitrogen and oxygen atoms in total. The average Bonchev–Trinajstić information content (AvgIpc) is 2.87. The molecule has 0 saturated heterocycles. The van der Waals surface area contributed by atoms with E-state index < -0.39 is 24.0 Å². The standard InChI is InChI=1S/C24H20N6O4/c31-21(23(33)29-25-13-17-11-9-15-5-1-3-7-19(15)27-17)22(32)24(34)30-26-14-18-12-10-16-6-2-4-8-20(16)28-18/h1-14,21-22,31-32H,(H,29,33)(H,30,34)/b25-13-,26-14-/t21-,22-/m1/s1. The number of benzene rings is 2. The van der Waals surface area contributed by atoms with Gasteiger partial charge in [0.15, 0.2) is 12.2 Å². The van der Waals surface area contributed by atoms with E-state index in [1.54, 1.807) is 12.1 Å². The van der Waals surface area contributed by atoms with E-state index in [2.05, 4.69) is 31.0 Å². The molecule has 170 valence electrons. The molecule has 0 aliphatic heterocycles. The fourth-order valence-corrected chi connectivity index (χ4v) is 3.05. The van der Waals surface area contributed by atoms with E-state index in [0.717, 1.165) is 21.8 Å². The first-order valence-corrected chi connectivity index (χ1v) is 10.2. The average molecular weight is 456 g/mol. The predicted octanol–water partition coefficient (Wildman–Crippen LogP) is 1.11. The second-order valence-corrected chi connectivity index (χ2v) is 7.22. The van der Waals surface area contributed by atoms with Crippen molar-refractivity contribution in [2.45, 2.75) is 12.2 Å². The number of para-hydroxylation sites is 2. The molecule has 0 radical (unpaired) electrons. The molecule has 2 atom stereocenters. The number of aliphatic hydroxyl groups is 2. The minimum atomic E-state index is -2.06. The lowest BCUT2D eigenvalue weighted by atomic mass is 10.2. The monoisotopic (exact) mass is 456 g/mol. The third-order valence-electron chi connectivity index (χ3n) is 4.82. The van der Waals surface area contributed by atoms with Crippen LogP contribution in [0.3, 0.4) is 0 Å². The van der Waals surface area contributed by atoms with Crippen molar-refractivity contribution in [3.05, 3.63) is 84.2 Å². The molecule has 0 spiro atoms. The smallest absolute Gasteiger partial charge is 0.272 e. The molecule has 0 saturated carbocycles. The molecule has 0 aliphatic rings. The molecule has 2 amide bonds. The summed E-state index contributed by atoms with van der Waals surface area (Å²) < 4.78 is 0. The molecule has 0 aliphatic carbocycles. The van der Waals surface area contributed by atoms with Crippen LogP contribution < -0.4 is 10.9 Å². The lowest BCUT2D eigenvalue weighted by Crippen LogP contribution is -2.47. The molecule has 4 N–H and O–H groups in total. The van der Waals surface area contributed by atoms with Gasteiger partial charge >= 0.3 is 0 Å². The Morgan fingerprint density at radius 1 is 0.676 bits per heavy atom. The van der Waals surface area contributed by atoms with Gasteiger partial charge in [0.2, 0.25) is 0 Å². The molecule has 4 aromatic rings. The minimum Gasteiger partial charge on any atom is -0.380 e. The van der Waals surface area contributed by atoms with Crippen molar-refractivity contribution in [3.8, 4) is 0 Å². The van der Waals surface area contributed by atoms with Crippen LogP contribution >= 0.6 is 0 Å². The number of fused-ring (bicyclic) bond motifs is 2. The van der Waals surface area contributed by atoms with Gasteiger partial charge in [-0.25, -0.2) is 20.8 Å². The number of rotatable bonds is 7. The number of hydrazone groups is 2. The zero-order chi connectivity index (χ0) is 23.9. The van der Waals surface area contributed by atoms with Gasteiger partial charge in [-0.15, -0.1) is 0 Å². The number of hydrogen-bond acceptors (Lipinski definition) is 8. The van der Waals surface area contributed by atoms with Crippen LogP contribution in [0.2, 0.25) is 0 Å². The maximum atomic E-state index is 12.0. The third-order valence-corrected chi connectivity index (χ3v) is 4.82. The van der Waals surface area contributed by atoms with E-state index in [0.29, 0.717) is 11.4 Å². The van der Waals surface area contributed by atoms with Gasteiger partial charge in [0.1, 0.15) is 0 Å². The van der Waals surface area contributed by atoms with Gasteiger partial charge in [0.05, 0.1) is 34.9 Å². The molecular weight excluding hydrogens is 436 g/mol. The van der Waals surface area contributed by atoms with Crippen molar-refractivity contribution < 1.29 is 19.8 Å². The first-order valence-electron chi connectivity index (χ1n) is 10.2. The maximum Gasteiger partial charge on any atom is 0.272 e. The molecule has 0 bridgehead atoms. The number of hydrogen-bond donors (Lipinski definition) is 4. The number of nitrogens with zero attached hydrogens (tertiary/aromatic N) is 4. The number of aromatic nitrogens is 2. The molecule has 2 heterocycles. The van der Waals surface area contributed by atoms with Crippen LogP contribution in [0.5, 0.6) is 0 Å². The van der Waals surface area contributed by atoms with E-state index in [-0.39, 0.29) is 0 Å². The summed E-state index contributed by atoms with van der Waals surface area (Å²) in [7, 11) is 0. The zero-order valence-electron chi connectivity index (χ0n) is 17.7. The highest BCUT2D eigenvalue weighted by atomic mass is 16.3. The quantitative estimate of drug-likeness (QED) is 0.242. The lowest BCUT2D eigenvalue weighted by Gasteiger charge is -2.14. The van der Waals surface area contributed by atoms with Gasteiger partial charge < -0.3 is 10.2 Å². The topological polar surface area (TPSA) is 149 Å². The Morgan fingerprint density at radius 3 is 1.53 bits per heavy atom. The van der Waals surface area contributed by atoms with Crippen LogP contribution in [0.25, 0.3) is 21.8 Å². The maximum absolute atomic E-state index is 12.0. The second-order valence-electron chi connectivity index (χ2n) is 7.22. The number of pyridine rings is 2. The van der Waals surface area contributed by atoms with Crippen molar-refractivity contribution in [2.75, 3.05) is 0 Å². The SMILES string of the molecule is O=C(N/N=C\c1ccc2ccccc2n1)[C@H](O)[C@@H](O)C(=O)N/N=C\c1ccc2ccccc2n1. The van der Waals surface area contributed by atoms with Gasteiger partial charge in [0, 0.05) is 10.8 Å². The van der Waals surface area contributed by atoms with Crippen LogP contribution in [0, 0.1) is 0 Å². The molecule has 0 fully saturated rings. The summed E-state index contributed by atoms with van der Waals surface area (Å²) in [6, 6.07) is 22.1. The van der Waals surface area contributed by atoms with E-state index in [4.69, 9.17) is 0 Å². The summed E-state index contributed by atoms with van der Waals surface area (Å²) in [5.41, 5.74) is 6.59. The van der Waals surface area contributed by atoms with Gasteiger partial charge in [-0.2, -0.15) is 10.2 Å². The molecule has 0 unspecified atom stereocenters. The summed E-state index contributed by atoms with van der Waals surface area (Å²) in [6.07, 6.45) is -1.55. The minimum absolute atomic E-state index is 0.475. The van der Waals surface area contributed by atoms with Gasteiger partial charge in [-0.1, -0.05) is 48.5 Å². The first-order chi connectivity index (χ1) is 16.5. The summed E-state index contributed by atoms with van der Waals surface area (Å²) in [4.78, 5) is 32.8. The fraction of sp³-hybridized carbons (Fsp3) is 0.0833. The number of carbonyl (C=O) groups excluding carboxylic acids is 2. The van der Waals surface area contributed by atoms with Crippen LogP contribution in [-0.4, -0.2) is 56.6 Å². The van der Waals surface area contributed by atoms with Crippen LogP contribution in [0.4, 0.5) is 0 Å². The second kappa shape index (κ2) is 10.4. The van der Waals surface area contributed by atoms with E-state index in [1.807, 2.05) is 60.7 Å². The Morgan fingerprint density at radius 2 is 1.09 bits per heavy atom. The van der Waals surface area contributed by atoms with E-state index in [1.165, 1.54) is 12.4 Å². The van der Waals surface area contributed by atoms with Crippen LogP contribution in [0.15, 0.2) is 83.0 Å². The van der Waals surface area contributed by atoms with Crippen molar-refractivity contribution in [1.82, 2.24) is 20.8 Å². The fourth-order valence-electron chi connectivity index (χ4n) is 3.05. The summed E-state index contributed by atoms with van der Waals surface area (Å²) in [5, 5.41) is 29.2. The highest BCUT2D eigenvalue weighted by Gasteiger charge is 2.30. The third kappa shape index (κ3) is 5.44. The zero-order valence-corrected chi connectivity index (χ0v) is 17.7. The Hall–Kier alpha value is -4.54. The summed E-state index contributed by atoms with van der Waals surface area (Å²) in [5.74, 6) is -2.14. The van der Waals surface area contributed by atoms with E-state index in [9.17, 15) is 19.8 Å². The molecule has 4 rings (SSSR count). The molecule has 2 aromatic heterocycles. The van der Waals surface area contributed by atoms with Crippen LogP contribution in [0.1, 0.15) is 11.4 Å². The molecule has 2 aromatic carbocycles. The Labute approximate surface area is 193 Å². The van der Waals surface area contributed by atoms with Crippen molar-refractivity contribution >= 4 is 46.0 Å². The predicted molar refractivity (Wildman–Crippen MR) is 127 cm³/mol. The Bertz CT molecular complexity index is 1300. The molecule has 10 heteroatoms. The van der Waals surface area contributed by atoms with Gasteiger partial charge in [-0.05, 0) is 24.3 Å². The first kappa shape index (κ1) is 22.6. The highest BCUT2D eigenvalue weighted by molar-refractivity contribution is 5.92. The van der Waals surface area contributed by atoms with Gasteiger partial charge in [0.25, 0.3) is 11.8 Å². The van der Waals surface area contributed by atoms with Crippen LogP contribution in [-0.2, 0) is 9.59 Å². The van der Waals surface area contributed by atoms with Crippen molar-refractivity contribution in [2.24, 2.45) is 10.2 Å². The van der Waals surface area contributed by atoms with Gasteiger partial charge in [-0.3, -0.25) is 9.59 Å². The number of aliphatic hydroxyl groups excluding tert-OH is 2. The highest BCUT2D eigenvalue weighted by Crippen LogP contribution is 2.11. The summed E-state index contributed by atoms with van der Waals surface area (Å²) in [6.45, 7) is 0. The van der Waals surface area contributed by atoms with Crippen molar-refractivity contribution in [3.63, 3.8) is 0 Å². The number of carbonyl (C=O) groups is 2. The number of nitrogens with one attached hydrogen (secondary N) is 2. The normalized spacial score (nSPS) is 13.4. The Kier molecular flexibility index (Phi) is 6.92. The lowest BCUT2D eigenvalue weighted by molar-refractivity contribution is -0.146. The largest absolute Gasteiger partial charge is 0.380 e. The van der Waals surface area contributed by atoms with Crippen molar-refractivity contribution in [1.29, 1.82) is 0 Å². The number of amides is 2.